The molecule has 118 valence electrons. The Kier molecular flexibility index (Phi) is 5.04. The van der Waals surface area contributed by atoms with Crippen LogP contribution < -0.4 is 20.7 Å². The molecule has 0 amide bonds. The zero-order valence-electron chi connectivity index (χ0n) is 13.0. The molecular formula is C16H20N2O4. The number of rotatable bonds is 6. The smallest absolute Gasteiger partial charge is 0.325 e. The van der Waals surface area contributed by atoms with Crippen molar-refractivity contribution < 1.29 is 9.47 Å². The van der Waals surface area contributed by atoms with Gasteiger partial charge in [0.15, 0.2) is 0 Å². The van der Waals surface area contributed by atoms with E-state index in [1.54, 1.807) is 6.92 Å². The molecule has 2 rings (SSSR count). The molecule has 0 unspecified atom stereocenters. The fraction of sp³-hybridized carbons (Fsp3) is 0.375. The third kappa shape index (κ3) is 3.58. The fourth-order valence-electron chi connectivity index (χ4n) is 2.26. The van der Waals surface area contributed by atoms with Gasteiger partial charge in [0.1, 0.15) is 11.5 Å². The van der Waals surface area contributed by atoms with Crippen molar-refractivity contribution in [2.24, 2.45) is 0 Å². The van der Waals surface area contributed by atoms with Crippen molar-refractivity contribution >= 4 is 0 Å². The predicted octanol–water partition coefficient (Wildman–Crippen LogP) is 1.76. The van der Waals surface area contributed by atoms with E-state index in [9.17, 15) is 9.59 Å². The van der Waals surface area contributed by atoms with E-state index in [4.69, 9.17) is 9.47 Å². The molecule has 0 aliphatic rings. The number of H-pyrrole nitrogens is 2. The first-order valence-electron chi connectivity index (χ1n) is 7.25. The zero-order chi connectivity index (χ0) is 16.1. The highest BCUT2D eigenvalue weighted by atomic mass is 16.5. The molecule has 0 fully saturated rings. The van der Waals surface area contributed by atoms with E-state index in [0.29, 0.717) is 36.6 Å². The third-order valence-corrected chi connectivity index (χ3v) is 3.27. The van der Waals surface area contributed by atoms with Crippen LogP contribution >= 0.6 is 0 Å². The maximum Gasteiger partial charge on any atom is 0.325 e. The molecule has 1 heterocycles. The van der Waals surface area contributed by atoms with Crippen molar-refractivity contribution in [3.63, 3.8) is 0 Å². The second-order valence-electron chi connectivity index (χ2n) is 4.82. The van der Waals surface area contributed by atoms with E-state index in [1.807, 2.05) is 32.0 Å². The second-order valence-corrected chi connectivity index (χ2v) is 4.82. The summed E-state index contributed by atoms with van der Waals surface area (Å²) in [5, 5.41) is 0. The van der Waals surface area contributed by atoms with Crippen LogP contribution in [-0.4, -0.2) is 23.2 Å². The summed E-state index contributed by atoms with van der Waals surface area (Å²) in [7, 11) is 0. The Hall–Kier alpha value is -2.50. The summed E-state index contributed by atoms with van der Waals surface area (Å²) in [6.07, 6.45) is 0.375. The summed E-state index contributed by atoms with van der Waals surface area (Å²) < 4.78 is 11.1. The lowest BCUT2D eigenvalue weighted by Gasteiger charge is -2.13. The maximum atomic E-state index is 12.0. The van der Waals surface area contributed by atoms with E-state index in [1.165, 1.54) is 0 Å². The Morgan fingerprint density at radius 3 is 2.41 bits per heavy atom. The van der Waals surface area contributed by atoms with Gasteiger partial charge in [-0.15, -0.1) is 0 Å². The molecule has 22 heavy (non-hydrogen) atoms. The Bertz CT molecular complexity index is 761. The minimum Gasteiger partial charge on any atom is -0.494 e. The van der Waals surface area contributed by atoms with Gasteiger partial charge in [0.05, 0.1) is 13.2 Å². The molecule has 0 spiro atoms. The van der Waals surface area contributed by atoms with Crippen molar-refractivity contribution in [2.45, 2.75) is 27.2 Å². The summed E-state index contributed by atoms with van der Waals surface area (Å²) in [5.74, 6) is 1.40. The molecule has 1 aromatic carbocycles. The summed E-state index contributed by atoms with van der Waals surface area (Å²) >= 11 is 0. The SMILES string of the molecule is CCOc1ccc(Cc2c(C)[nH]c(=O)[nH]c2=O)c(OCC)c1. The number of hydrogen-bond donors (Lipinski definition) is 2. The number of aromatic amines is 2. The van der Waals surface area contributed by atoms with Crippen LogP contribution in [0.25, 0.3) is 0 Å². The Morgan fingerprint density at radius 2 is 1.77 bits per heavy atom. The quantitative estimate of drug-likeness (QED) is 0.851. The van der Waals surface area contributed by atoms with Gasteiger partial charge in [0.2, 0.25) is 0 Å². The number of ether oxygens (including phenoxy) is 2. The molecule has 6 nitrogen and oxygen atoms in total. The molecule has 0 aliphatic carbocycles. The Balaban J connectivity index is 2.40. The lowest BCUT2D eigenvalue weighted by atomic mass is 10.0. The van der Waals surface area contributed by atoms with E-state index in [2.05, 4.69) is 9.97 Å². The monoisotopic (exact) mass is 304 g/mol. The van der Waals surface area contributed by atoms with Gasteiger partial charge in [0, 0.05) is 23.7 Å². The van der Waals surface area contributed by atoms with Crippen LogP contribution in [0.1, 0.15) is 30.7 Å². The summed E-state index contributed by atoms with van der Waals surface area (Å²) in [6.45, 7) is 6.61. The van der Waals surface area contributed by atoms with Gasteiger partial charge >= 0.3 is 5.69 Å². The zero-order valence-corrected chi connectivity index (χ0v) is 13.0. The van der Waals surface area contributed by atoms with E-state index in [0.717, 1.165) is 11.3 Å². The number of aryl methyl sites for hydroxylation is 1. The molecule has 2 N–H and O–H groups in total. The van der Waals surface area contributed by atoms with E-state index >= 15 is 0 Å². The van der Waals surface area contributed by atoms with Crippen molar-refractivity contribution in [3.8, 4) is 11.5 Å². The van der Waals surface area contributed by atoms with E-state index in [-0.39, 0.29) is 5.56 Å². The lowest BCUT2D eigenvalue weighted by molar-refractivity contribution is 0.321. The van der Waals surface area contributed by atoms with Crippen LogP contribution in [0.5, 0.6) is 11.5 Å². The molecular weight excluding hydrogens is 284 g/mol. The number of hydrogen-bond acceptors (Lipinski definition) is 4. The van der Waals surface area contributed by atoms with Crippen LogP contribution in [0.4, 0.5) is 0 Å². The highest BCUT2D eigenvalue weighted by Gasteiger charge is 2.12. The van der Waals surface area contributed by atoms with Gasteiger partial charge in [-0.2, -0.15) is 0 Å². The standard InChI is InChI=1S/C16H20N2O4/c1-4-21-12-7-6-11(14(9-12)22-5-2)8-13-10(3)17-16(20)18-15(13)19/h6-7,9H,4-5,8H2,1-3H3,(H2,17,18,19,20). The van der Waals surface area contributed by atoms with Crippen molar-refractivity contribution in [3.05, 3.63) is 55.9 Å². The average Bonchev–Trinajstić information content (AvgIpc) is 2.45. The number of aromatic nitrogens is 2. The van der Waals surface area contributed by atoms with Gasteiger partial charge in [0.25, 0.3) is 5.56 Å². The Labute approximate surface area is 128 Å². The highest BCUT2D eigenvalue weighted by Crippen LogP contribution is 2.27. The largest absolute Gasteiger partial charge is 0.494 e. The summed E-state index contributed by atoms with van der Waals surface area (Å²) in [6, 6.07) is 5.54. The normalized spacial score (nSPS) is 10.5. The molecule has 0 bridgehead atoms. The third-order valence-electron chi connectivity index (χ3n) is 3.27. The minimum absolute atomic E-state index is 0.375. The molecule has 0 saturated heterocycles. The molecule has 1 aromatic heterocycles. The first kappa shape index (κ1) is 15.9. The first-order chi connectivity index (χ1) is 10.5. The average molecular weight is 304 g/mol. The Morgan fingerprint density at radius 1 is 1.05 bits per heavy atom. The predicted molar refractivity (Wildman–Crippen MR) is 84.0 cm³/mol. The van der Waals surface area contributed by atoms with Crippen LogP contribution in [0.15, 0.2) is 27.8 Å². The maximum absolute atomic E-state index is 12.0. The van der Waals surface area contributed by atoms with Crippen LogP contribution in [0, 0.1) is 6.92 Å². The van der Waals surface area contributed by atoms with E-state index < -0.39 is 5.69 Å². The van der Waals surface area contributed by atoms with Crippen molar-refractivity contribution in [1.29, 1.82) is 0 Å². The van der Waals surface area contributed by atoms with Gasteiger partial charge in [-0.25, -0.2) is 4.79 Å². The van der Waals surface area contributed by atoms with Crippen LogP contribution in [0.2, 0.25) is 0 Å². The van der Waals surface area contributed by atoms with Gasteiger partial charge in [-0.1, -0.05) is 6.07 Å². The van der Waals surface area contributed by atoms with Crippen LogP contribution in [0.3, 0.4) is 0 Å². The van der Waals surface area contributed by atoms with Crippen LogP contribution in [-0.2, 0) is 6.42 Å². The van der Waals surface area contributed by atoms with Crippen molar-refractivity contribution in [1.82, 2.24) is 9.97 Å². The molecule has 0 aliphatic heterocycles. The summed E-state index contributed by atoms with van der Waals surface area (Å²) in [4.78, 5) is 28.1. The number of nitrogens with one attached hydrogen (secondary N) is 2. The minimum atomic E-state index is -0.497. The second kappa shape index (κ2) is 6.98. The lowest BCUT2D eigenvalue weighted by Crippen LogP contribution is -2.27. The fourth-order valence-corrected chi connectivity index (χ4v) is 2.26. The van der Waals surface area contributed by atoms with Gasteiger partial charge < -0.3 is 14.5 Å². The van der Waals surface area contributed by atoms with Gasteiger partial charge in [-0.05, 0) is 32.4 Å². The molecule has 6 heteroatoms. The number of benzene rings is 1. The highest BCUT2D eigenvalue weighted by molar-refractivity contribution is 5.43. The van der Waals surface area contributed by atoms with Crippen molar-refractivity contribution in [2.75, 3.05) is 13.2 Å². The first-order valence-corrected chi connectivity index (χ1v) is 7.25. The molecule has 2 aromatic rings. The topological polar surface area (TPSA) is 84.2 Å². The molecule has 0 saturated carbocycles. The molecule has 0 atom stereocenters. The summed E-state index contributed by atoms with van der Waals surface area (Å²) in [5.41, 5.74) is 1.07. The van der Waals surface area contributed by atoms with Gasteiger partial charge in [-0.3, -0.25) is 9.78 Å². The molecule has 0 radical (unpaired) electrons.